The van der Waals surface area contributed by atoms with E-state index in [0.29, 0.717) is 0 Å². The van der Waals surface area contributed by atoms with Crippen LogP contribution in [0.3, 0.4) is 0 Å². The Morgan fingerprint density at radius 3 is 2.05 bits per heavy atom. The monoisotopic (exact) mass is 305 g/mol. The number of anilines is 1. The van der Waals surface area contributed by atoms with Crippen molar-refractivity contribution in [1.29, 1.82) is 0 Å². The predicted octanol–water partition coefficient (Wildman–Crippen LogP) is 1.46. The van der Waals surface area contributed by atoms with E-state index >= 15 is 0 Å². The highest BCUT2D eigenvalue weighted by Gasteiger charge is 2.17. The molecule has 6 N–H and O–H groups in total. The van der Waals surface area contributed by atoms with E-state index in [1.54, 1.807) is 0 Å². The molecule has 114 valence electrons. The van der Waals surface area contributed by atoms with Crippen molar-refractivity contribution in [3.05, 3.63) is 41.5 Å². The van der Waals surface area contributed by atoms with Gasteiger partial charge in [0.05, 0.1) is 11.3 Å². The molecule has 8 nitrogen and oxygen atoms in total. The smallest absolute Gasteiger partial charge is 0.337 e. The fourth-order valence-corrected chi connectivity index (χ4v) is 1.75. The van der Waals surface area contributed by atoms with Gasteiger partial charge in [0.25, 0.3) is 5.91 Å². The Hall–Kier alpha value is -3.42. The second kappa shape index (κ2) is 5.52. The molecule has 0 aromatic heterocycles. The van der Waals surface area contributed by atoms with E-state index in [1.165, 1.54) is 12.1 Å². The zero-order valence-corrected chi connectivity index (χ0v) is 10.9. The molecule has 0 bridgehead atoms. The highest BCUT2D eigenvalue weighted by molar-refractivity contribution is 6.08. The van der Waals surface area contributed by atoms with Crippen molar-refractivity contribution in [1.82, 2.24) is 0 Å². The molecule has 0 spiro atoms. The Morgan fingerprint density at radius 2 is 1.50 bits per heavy atom. The molecule has 0 radical (unpaired) electrons. The number of phenols is 4. The molecule has 0 saturated heterocycles. The number of hydrogen-bond donors (Lipinski definition) is 6. The fraction of sp³-hybridized carbons (Fsp3) is 0. The summed E-state index contributed by atoms with van der Waals surface area (Å²) in [5, 5.41) is 48.5. The Balaban J connectivity index is 2.36. The van der Waals surface area contributed by atoms with Crippen molar-refractivity contribution in [2.24, 2.45) is 0 Å². The Morgan fingerprint density at radius 1 is 0.909 bits per heavy atom. The first-order chi connectivity index (χ1) is 10.3. The molecule has 0 atom stereocenters. The summed E-state index contributed by atoms with van der Waals surface area (Å²) in [4.78, 5) is 23.1. The van der Waals surface area contributed by atoms with Crippen LogP contribution < -0.4 is 5.32 Å². The molecule has 22 heavy (non-hydrogen) atoms. The van der Waals surface area contributed by atoms with Crippen LogP contribution in [0.1, 0.15) is 20.7 Å². The van der Waals surface area contributed by atoms with Gasteiger partial charge in [0.1, 0.15) is 5.75 Å². The summed E-state index contributed by atoms with van der Waals surface area (Å²) in [5.41, 5.74) is -0.611. The molecule has 0 aliphatic carbocycles. The molecule has 2 rings (SSSR count). The summed E-state index contributed by atoms with van der Waals surface area (Å²) in [6, 6.07) is 5.16. The molecule has 2 aromatic carbocycles. The van der Waals surface area contributed by atoms with Gasteiger partial charge < -0.3 is 30.8 Å². The molecular weight excluding hydrogens is 294 g/mol. The number of aromatic carboxylic acids is 1. The van der Waals surface area contributed by atoms with Crippen LogP contribution in [0.15, 0.2) is 30.3 Å². The normalized spacial score (nSPS) is 10.2. The molecule has 0 unspecified atom stereocenters. The van der Waals surface area contributed by atoms with Crippen LogP contribution in [0, 0.1) is 0 Å². The average molecular weight is 305 g/mol. The van der Waals surface area contributed by atoms with E-state index in [4.69, 9.17) is 5.11 Å². The van der Waals surface area contributed by atoms with Gasteiger partial charge in [-0.05, 0) is 30.3 Å². The van der Waals surface area contributed by atoms with E-state index in [1.807, 2.05) is 0 Å². The fourth-order valence-electron chi connectivity index (χ4n) is 1.75. The van der Waals surface area contributed by atoms with Crippen molar-refractivity contribution < 1.29 is 35.1 Å². The summed E-state index contributed by atoms with van der Waals surface area (Å²) in [6.07, 6.45) is 0. The topological polar surface area (TPSA) is 147 Å². The lowest BCUT2D eigenvalue weighted by atomic mass is 10.1. The Kier molecular flexibility index (Phi) is 3.76. The van der Waals surface area contributed by atoms with E-state index in [9.17, 15) is 30.0 Å². The van der Waals surface area contributed by atoms with Crippen molar-refractivity contribution in [2.75, 3.05) is 5.32 Å². The third kappa shape index (κ3) is 2.85. The summed E-state index contributed by atoms with van der Waals surface area (Å²) in [7, 11) is 0. The number of carboxylic acids is 1. The molecule has 1 amide bonds. The predicted molar refractivity (Wildman–Crippen MR) is 74.5 cm³/mol. The van der Waals surface area contributed by atoms with E-state index in [2.05, 4.69) is 5.32 Å². The molecule has 8 heteroatoms. The number of carbonyl (C=O) groups is 2. The van der Waals surface area contributed by atoms with Gasteiger partial charge in [0, 0.05) is 5.56 Å². The summed E-state index contributed by atoms with van der Waals surface area (Å²) < 4.78 is 0. The van der Waals surface area contributed by atoms with Crippen LogP contribution >= 0.6 is 0 Å². The lowest BCUT2D eigenvalue weighted by molar-refractivity contribution is 0.0697. The van der Waals surface area contributed by atoms with Crippen molar-refractivity contribution in [3.8, 4) is 23.0 Å². The summed E-state index contributed by atoms with van der Waals surface area (Å²) >= 11 is 0. The maximum atomic E-state index is 12.0. The zero-order valence-electron chi connectivity index (χ0n) is 10.9. The number of carbonyl (C=O) groups excluding carboxylic acids is 1. The van der Waals surface area contributed by atoms with Gasteiger partial charge in [-0.1, -0.05) is 0 Å². The van der Waals surface area contributed by atoms with Gasteiger partial charge in [-0.15, -0.1) is 0 Å². The number of aromatic hydroxyl groups is 4. The Labute approximate surface area is 123 Å². The first-order valence-corrected chi connectivity index (χ1v) is 5.92. The minimum atomic E-state index is -1.36. The molecule has 0 heterocycles. The quantitative estimate of drug-likeness (QED) is 0.371. The molecule has 0 aliphatic heterocycles. The highest BCUT2D eigenvalue weighted by atomic mass is 16.4. The standard InChI is InChI=1S/C14H11NO7/c16-7-1-2-9(8(5-7)14(21)22)15-13(20)6-3-10(17)12(19)11(18)4-6/h1-5,16-19H,(H,15,20)(H,21,22). The maximum absolute atomic E-state index is 12.0. The SMILES string of the molecule is O=C(Nc1ccc(O)cc1C(=O)O)c1cc(O)c(O)c(O)c1. The van der Waals surface area contributed by atoms with Crippen LogP contribution in [0.2, 0.25) is 0 Å². The largest absolute Gasteiger partial charge is 0.508 e. The number of hydrogen-bond acceptors (Lipinski definition) is 6. The second-order valence-corrected chi connectivity index (χ2v) is 4.35. The third-order valence-corrected chi connectivity index (χ3v) is 2.81. The number of amides is 1. The lowest BCUT2D eigenvalue weighted by Crippen LogP contribution is -2.14. The van der Waals surface area contributed by atoms with E-state index < -0.39 is 29.1 Å². The van der Waals surface area contributed by atoms with Crippen molar-refractivity contribution >= 4 is 17.6 Å². The first-order valence-electron chi connectivity index (χ1n) is 5.92. The summed E-state index contributed by atoms with van der Waals surface area (Å²) in [5.74, 6) is -4.63. The van der Waals surface area contributed by atoms with Gasteiger partial charge in [-0.25, -0.2) is 4.79 Å². The average Bonchev–Trinajstić information content (AvgIpc) is 2.45. The number of phenolic OH excluding ortho intramolecular Hbond substituents is 4. The van der Waals surface area contributed by atoms with Crippen molar-refractivity contribution in [3.63, 3.8) is 0 Å². The van der Waals surface area contributed by atoms with Gasteiger partial charge in [0.2, 0.25) is 0 Å². The van der Waals surface area contributed by atoms with Crippen molar-refractivity contribution in [2.45, 2.75) is 0 Å². The molecule has 0 aliphatic rings. The van der Waals surface area contributed by atoms with Crippen LogP contribution in [0.4, 0.5) is 5.69 Å². The maximum Gasteiger partial charge on any atom is 0.337 e. The van der Waals surface area contributed by atoms with E-state index in [0.717, 1.165) is 18.2 Å². The molecule has 0 saturated carbocycles. The number of nitrogens with one attached hydrogen (secondary N) is 1. The zero-order chi connectivity index (χ0) is 16.4. The molecule has 2 aromatic rings. The van der Waals surface area contributed by atoms with Crippen LogP contribution in [-0.2, 0) is 0 Å². The highest BCUT2D eigenvalue weighted by Crippen LogP contribution is 2.35. The minimum Gasteiger partial charge on any atom is -0.508 e. The van der Waals surface area contributed by atoms with Crippen LogP contribution in [0.25, 0.3) is 0 Å². The minimum absolute atomic E-state index is 0.0812. The second-order valence-electron chi connectivity index (χ2n) is 4.35. The number of benzene rings is 2. The summed E-state index contributed by atoms with van der Waals surface area (Å²) in [6.45, 7) is 0. The first kappa shape index (κ1) is 15.0. The van der Waals surface area contributed by atoms with Gasteiger partial charge in [0.15, 0.2) is 17.2 Å². The number of carboxylic acid groups (broad SMARTS) is 1. The van der Waals surface area contributed by atoms with Crippen LogP contribution in [0.5, 0.6) is 23.0 Å². The van der Waals surface area contributed by atoms with Gasteiger partial charge in [-0.3, -0.25) is 4.79 Å². The Bertz CT molecular complexity index is 747. The molecular formula is C14H11NO7. The van der Waals surface area contributed by atoms with Gasteiger partial charge in [-0.2, -0.15) is 0 Å². The molecule has 0 fully saturated rings. The van der Waals surface area contributed by atoms with Gasteiger partial charge >= 0.3 is 5.97 Å². The van der Waals surface area contributed by atoms with Crippen LogP contribution in [-0.4, -0.2) is 37.4 Å². The third-order valence-electron chi connectivity index (χ3n) is 2.81. The number of rotatable bonds is 3. The van der Waals surface area contributed by atoms with E-state index in [-0.39, 0.29) is 22.6 Å². The lowest BCUT2D eigenvalue weighted by Gasteiger charge is -2.10.